The van der Waals surface area contributed by atoms with Gasteiger partial charge in [-0.15, -0.1) is 0 Å². The van der Waals surface area contributed by atoms with Crippen LogP contribution in [0.15, 0.2) is 6.07 Å². The maximum Gasteiger partial charge on any atom is 0.247 e. The third-order valence-corrected chi connectivity index (χ3v) is 4.54. The normalized spacial score (nSPS) is 23.0. The van der Waals surface area contributed by atoms with Crippen LogP contribution in [0.4, 0.5) is 5.95 Å². The van der Waals surface area contributed by atoms with Crippen molar-refractivity contribution >= 4 is 17.8 Å². The molecule has 2 aliphatic rings. The molecule has 3 heterocycles. The number of anilines is 1. The fourth-order valence-electron chi connectivity index (χ4n) is 3.37. The molecule has 2 fully saturated rings. The van der Waals surface area contributed by atoms with Gasteiger partial charge in [-0.05, 0) is 26.8 Å². The van der Waals surface area contributed by atoms with Crippen LogP contribution in [0, 0.1) is 13.8 Å². The van der Waals surface area contributed by atoms with Gasteiger partial charge in [-0.25, -0.2) is 9.97 Å². The first-order valence-electron chi connectivity index (χ1n) is 8.15. The van der Waals surface area contributed by atoms with E-state index < -0.39 is 0 Å². The van der Waals surface area contributed by atoms with Crippen molar-refractivity contribution in [2.75, 3.05) is 37.6 Å². The molecule has 7 nitrogen and oxygen atoms in total. The maximum absolute atomic E-state index is 12.3. The lowest BCUT2D eigenvalue weighted by atomic mass is 10.2. The molecule has 7 heteroatoms. The molecule has 3 rings (SSSR count). The Kier molecular flexibility index (Phi) is 4.30. The van der Waals surface area contributed by atoms with Crippen LogP contribution in [0.5, 0.6) is 0 Å². The number of rotatable bonds is 3. The highest BCUT2D eigenvalue weighted by Gasteiger charge is 2.41. The van der Waals surface area contributed by atoms with Crippen LogP contribution >= 0.6 is 0 Å². The van der Waals surface area contributed by atoms with Gasteiger partial charge in [-0.3, -0.25) is 19.4 Å². The zero-order valence-electron chi connectivity index (χ0n) is 13.9. The Morgan fingerprint density at radius 2 is 1.70 bits per heavy atom. The van der Waals surface area contributed by atoms with Gasteiger partial charge in [0, 0.05) is 44.1 Å². The van der Waals surface area contributed by atoms with E-state index in [2.05, 4.69) is 19.8 Å². The number of aromatic nitrogens is 2. The van der Waals surface area contributed by atoms with Crippen molar-refractivity contribution in [2.24, 2.45) is 0 Å². The number of amides is 2. The summed E-state index contributed by atoms with van der Waals surface area (Å²) in [5, 5.41) is 0. The van der Waals surface area contributed by atoms with Gasteiger partial charge in [0.15, 0.2) is 0 Å². The predicted octanol–water partition coefficient (Wildman–Crippen LogP) is 0.363. The number of likely N-dealkylation sites (N-methyl/N-ethyl adjacent to an activating group) is 1. The molecule has 0 saturated carbocycles. The van der Waals surface area contributed by atoms with Crippen molar-refractivity contribution in [1.82, 2.24) is 19.8 Å². The van der Waals surface area contributed by atoms with Gasteiger partial charge >= 0.3 is 0 Å². The number of piperazine rings is 1. The summed E-state index contributed by atoms with van der Waals surface area (Å²) < 4.78 is 0. The lowest BCUT2D eigenvalue weighted by molar-refractivity contribution is -0.139. The largest absolute Gasteiger partial charge is 0.338 e. The van der Waals surface area contributed by atoms with Crippen molar-refractivity contribution < 1.29 is 9.59 Å². The molecule has 124 valence electrons. The summed E-state index contributed by atoms with van der Waals surface area (Å²) in [6, 6.07) is 1.67. The van der Waals surface area contributed by atoms with Crippen molar-refractivity contribution in [3.8, 4) is 0 Å². The van der Waals surface area contributed by atoms with Crippen LogP contribution < -0.4 is 4.90 Å². The molecule has 1 atom stereocenters. The summed E-state index contributed by atoms with van der Waals surface area (Å²) in [6.07, 6.45) is 0.312. The average Bonchev–Trinajstić information content (AvgIpc) is 2.80. The highest BCUT2D eigenvalue weighted by atomic mass is 16.2. The maximum atomic E-state index is 12.3. The smallest absolute Gasteiger partial charge is 0.247 e. The van der Waals surface area contributed by atoms with E-state index in [1.807, 2.05) is 26.8 Å². The van der Waals surface area contributed by atoms with Crippen LogP contribution in [-0.4, -0.2) is 70.3 Å². The van der Waals surface area contributed by atoms with E-state index >= 15 is 0 Å². The topological polar surface area (TPSA) is 69.6 Å². The van der Waals surface area contributed by atoms with Crippen molar-refractivity contribution in [2.45, 2.75) is 33.2 Å². The molecule has 0 unspecified atom stereocenters. The van der Waals surface area contributed by atoms with E-state index in [1.54, 1.807) is 0 Å². The van der Waals surface area contributed by atoms with E-state index in [1.165, 1.54) is 4.90 Å². The second-order valence-electron chi connectivity index (χ2n) is 6.17. The molecule has 2 amide bonds. The first-order valence-corrected chi connectivity index (χ1v) is 8.15. The molecule has 0 aliphatic carbocycles. The van der Waals surface area contributed by atoms with Gasteiger partial charge in [0.1, 0.15) is 0 Å². The summed E-state index contributed by atoms with van der Waals surface area (Å²) in [5.41, 5.74) is 1.93. The number of hydrogen-bond acceptors (Lipinski definition) is 6. The van der Waals surface area contributed by atoms with E-state index in [9.17, 15) is 9.59 Å². The van der Waals surface area contributed by atoms with Gasteiger partial charge < -0.3 is 4.90 Å². The fraction of sp³-hybridized carbons (Fsp3) is 0.625. The molecule has 1 aromatic rings. The second-order valence-corrected chi connectivity index (χ2v) is 6.17. The second kappa shape index (κ2) is 6.23. The van der Waals surface area contributed by atoms with Crippen molar-refractivity contribution in [1.29, 1.82) is 0 Å². The van der Waals surface area contributed by atoms with Gasteiger partial charge in [-0.2, -0.15) is 0 Å². The van der Waals surface area contributed by atoms with Crippen molar-refractivity contribution in [3.05, 3.63) is 17.5 Å². The standard InChI is InChI=1S/C16H23N5O2/c1-4-21-14(22)10-13(15(21)23)19-5-7-20(8-6-19)16-17-11(2)9-12(3)18-16/h9,13H,4-8,10H2,1-3H3/t13-/m1/s1. The molecular formula is C16H23N5O2. The van der Waals surface area contributed by atoms with Gasteiger partial charge in [0.2, 0.25) is 17.8 Å². The number of nitrogens with zero attached hydrogens (tertiary/aromatic N) is 5. The van der Waals surface area contributed by atoms with Crippen LogP contribution in [0.3, 0.4) is 0 Å². The zero-order valence-corrected chi connectivity index (χ0v) is 13.9. The van der Waals surface area contributed by atoms with Crippen molar-refractivity contribution in [3.63, 3.8) is 0 Å². The minimum atomic E-state index is -0.287. The first kappa shape index (κ1) is 15.9. The molecule has 2 saturated heterocycles. The predicted molar refractivity (Wildman–Crippen MR) is 86.1 cm³/mol. The third-order valence-electron chi connectivity index (χ3n) is 4.54. The summed E-state index contributed by atoms with van der Waals surface area (Å²) in [5.74, 6) is 0.655. The fourth-order valence-corrected chi connectivity index (χ4v) is 3.37. The lowest BCUT2D eigenvalue weighted by Crippen LogP contribution is -2.53. The quantitative estimate of drug-likeness (QED) is 0.750. The van der Waals surface area contributed by atoms with Crippen LogP contribution in [0.25, 0.3) is 0 Å². The number of carbonyl (C=O) groups excluding carboxylic acids is 2. The van der Waals surface area contributed by atoms with Crippen LogP contribution in [0.2, 0.25) is 0 Å². The average molecular weight is 317 g/mol. The Balaban J connectivity index is 1.65. The summed E-state index contributed by atoms with van der Waals surface area (Å²) in [6.45, 7) is 9.28. The Labute approximate surface area is 136 Å². The monoisotopic (exact) mass is 317 g/mol. The highest BCUT2D eigenvalue weighted by Crippen LogP contribution is 2.21. The number of hydrogen-bond donors (Lipinski definition) is 0. The Bertz CT molecular complexity index is 605. The molecule has 0 N–H and O–H groups in total. The van der Waals surface area contributed by atoms with E-state index in [-0.39, 0.29) is 17.9 Å². The Morgan fingerprint density at radius 3 is 2.22 bits per heavy atom. The van der Waals surface area contributed by atoms with E-state index in [0.717, 1.165) is 43.5 Å². The SMILES string of the molecule is CCN1C(=O)C[C@@H](N2CCN(c3nc(C)cc(C)n3)CC2)C1=O. The summed E-state index contributed by atoms with van der Waals surface area (Å²) in [7, 11) is 0. The molecule has 2 aliphatic heterocycles. The number of imide groups is 1. The van der Waals surface area contributed by atoms with Crippen LogP contribution in [-0.2, 0) is 9.59 Å². The lowest BCUT2D eigenvalue weighted by Gasteiger charge is -2.37. The van der Waals surface area contributed by atoms with Crippen LogP contribution in [0.1, 0.15) is 24.7 Å². The first-order chi connectivity index (χ1) is 11.0. The Morgan fingerprint density at radius 1 is 1.09 bits per heavy atom. The number of carbonyl (C=O) groups is 2. The molecular weight excluding hydrogens is 294 g/mol. The van der Waals surface area contributed by atoms with E-state index in [4.69, 9.17) is 0 Å². The van der Waals surface area contributed by atoms with Gasteiger partial charge in [0.25, 0.3) is 0 Å². The van der Waals surface area contributed by atoms with Gasteiger partial charge in [0.05, 0.1) is 12.5 Å². The summed E-state index contributed by atoms with van der Waals surface area (Å²) >= 11 is 0. The molecule has 23 heavy (non-hydrogen) atoms. The Hall–Kier alpha value is -2.02. The summed E-state index contributed by atoms with van der Waals surface area (Å²) in [4.78, 5) is 38.8. The highest BCUT2D eigenvalue weighted by molar-refractivity contribution is 6.05. The third kappa shape index (κ3) is 3.06. The minimum absolute atomic E-state index is 0.0476. The number of aryl methyl sites for hydroxylation is 2. The minimum Gasteiger partial charge on any atom is -0.338 e. The molecule has 0 aromatic carbocycles. The zero-order chi connectivity index (χ0) is 16.6. The molecule has 1 aromatic heterocycles. The molecule has 0 bridgehead atoms. The molecule has 0 spiro atoms. The van der Waals surface area contributed by atoms with Gasteiger partial charge in [-0.1, -0.05) is 0 Å². The molecule has 0 radical (unpaired) electrons. The van der Waals surface area contributed by atoms with E-state index in [0.29, 0.717) is 13.0 Å². The number of likely N-dealkylation sites (tertiary alicyclic amines) is 1.